The summed E-state index contributed by atoms with van der Waals surface area (Å²) in [6.07, 6.45) is 0. The van der Waals surface area contributed by atoms with Crippen molar-refractivity contribution in [3.05, 3.63) is 40.5 Å². The lowest BCUT2D eigenvalue weighted by Gasteiger charge is -2.30. The van der Waals surface area contributed by atoms with E-state index in [1.165, 1.54) is 0 Å². The molecule has 0 spiro atoms. The number of nitrogens with one attached hydrogen (secondary N) is 1. The lowest BCUT2D eigenvalue weighted by molar-refractivity contribution is 0.189. The molecule has 7 heteroatoms. The molecule has 1 aromatic carbocycles. The van der Waals surface area contributed by atoms with Crippen LogP contribution in [-0.2, 0) is 6.61 Å². The molecule has 22 heavy (non-hydrogen) atoms. The average molecular weight is 323 g/mol. The van der Waals surface area contributed by atoms with Gasteiger partial charge >= 0.3 is 0 Å². The Bertz CT molecular complexity index is 646. The molecule has 1 saturated heterocycles. The van der Waals surface area contributed by atoms with Gasteiger partial charge in [-0.1, -0.05) is 22.8 Å². The zero-order chi connectivity index (χ0) is 15.5. The van der Waals surface area contributed by atoms with Gasteiger partial charge in [0.2, 0.25) is 0 Å². The van der Waals surface area contributed by atoms with Crippen LogP contribution in [0.4, 0.5) is 0 Å². The van der Waals surface area contributed by atoms with Crippen molar-refractivity contribution in [1.29, 1.82) is 0 Å². The number of ether oxygens (including phenoxy) is 1. The molecular weight excluding hydrogens is 304 g/mol. The molecule has 0 amide bonds. The van der Waals surface area contributed by atoms with E-state index in [-0.39, 0.29) is 12.6 Å². The summed E-state index contributed by atoms with van der Waals surface area (Å²) in [5, 5.41) is 8.08. The normalized spacial score (nSPS) is 19.3. The van der Waals surface area contributed by atoms with E-state index in [1.54, 1.807) is 0 Å². The standard InChI is InChI=1S/C15H19ClN4O2/c1-10-11(16)4-3-5-13(10)21-9-14-18-15(19-22-14)12-8-17-6-7-20(12)2/h3-5,12,17H,6-9H2,1-2H3. The van der Waals surface area contributed by atoms with Crippen LogP contribution in [0.1, 0.15) is 23.3 Å². The van der Waals surface area contributed by atoms with Crippen molar-refractivity contribution in [2.75, 3.05) is 26.7 Å². The second-order valence-corrected chi connectivity index (χ2v) is 5.81. The van der Waals surface area contributed by atoms with Gasteiger partial charge in [-0.3, -0.25) is 4.90 Å². The number of piperazine rings is 1. The third kappa shape index (κ3) is 3.24. The van der Waals surface area contributed by atoms with E-state index in [2.05, 4.69) is 27.4 Å². The summed E-state index contributed by atoms with van der Waals surface area (Å²) in [5.41, 5.74) is 0.903. The first-order chi connectivity index (χ1) is 10.6. The summed E-state index contributed by atoms with van der Waals surface area (Å²) in [7, 11) is 2.06. The highest BCUT2D eigenvalue weighted by molar-refractivity contribution is 6.31. The van der Waals surface area contributed by atoms with Crippen molar-refractivity contribution in [1.82, 2.24) is 20.4 Å². The van der Waals surface area contributed by atoms with Crippen molar-refractivity contribution in [3.8, 4) is 5.75 Å². The number of benzene rings is 1. The van der Waals surface area contributed by atoms with Crippen LogP contribution in [0.25, 0.3) is 0 Å². The van der Waals surface area contributed by atoms with Gasteiger partial charge in [0, 0.05) is 30.2 Å². The number of halogens is 1. The SMILES string of the molecule is Cc1c(Cl)cccc1OCc1nc(C2CNCCN2C)no1. The highest BCUT2D eigenvalue weighted by Gasteiger charge is 2.25. The van der Waals surface area contributed by atoms with Crippen LogP contribution >= 0.6 is 11.6 Å². The van der Waals surface area contributed by atoms with Crippen LogP contribution in [0.5, 0.6) is 5.75 Å². The number of likely N-dealkylation sites (N-methyl/N-ethyl adjacent to an activating group) is 1. The van der Waals surface area contributed by atoms with Gasteiger partial charge in [-0.15, -0.1) is 0 Å². The molecule has 0 radical (unpaired) electrons. The number of rotatable bonds is 4. The molecule has 1 atom stereocenters. The molecule has 6 nitrogen and oxygen atoms in total. The van der Waals surface area contributed by atoms with Crippen LogP contribution < -0.4 is 10.1 Å². The molecule has 1 aromatic heterocycles. The minimum atomic E-state index is 0.138. The second-order valence-electron chi connectivity index (χ2n) is 5.40. The monoisotopic (exact) mass is 322 g/mol. The molecular formula is C15H19ClN4O2. The fourth-order valence-electron chi connectivity index (χ4n) is 2.44. The molecule has 0 aliphatic carbocycles. The Morgan fingerprint density at radius 2 is 2.36 bits per heavy atom. The molecule has 118 valence electrons. The molecule has 0 saturated carbocycles. The predicted molar refractivity (Wildman–Crippen MR) is 83.1 cm³/mol. The lowest BCUT2D eigenvalue weighted by atomic mass is 10.2. The van der Waals surface area contributed by atoms with Gasteiger partial charge in [-0.2, -0.15) is 4.98 Å². The largest absolute Gasteiger partial charge is 0.483 e. The molecule has 1 fully saturated rings. The second kappa shape index (κ2) is 6.64. The molecule has 3 rings (SSSR count). The van der Waals surface area contributed by atoms with E-state index >= 15 is 0 Å². The van der Waals surface area contributed by atoms with E-state index in [4.69, 9.17) is 20.9 Å². The van der Waals surface area contributed by atoms with E-state index < -0.39 is 0 Å². The van der Waals surface area contributed by atoms with Gasteiger partial charge < -0.3 is 14.6 Å². The van der Waals surface area contributed by atoms with Crippen molar-refractivity contribution >= 4 is 11.6 Å². The van der Waals surface area contributed by atoms with Gasteiger partial charge in [0.05, 0.1) is 6.04 Å². The average Bonchev–Trinajstić information content (AvgIpc) is 2.98. The first kappa shape index (κ1) is 15.3. The molecule has 1 aliphatic rings. The predicted octanol–water partition coefficient (Wildman–Crippen LogP) is 2.19. The number of aromatic nitrogens is 2. The number of hydrogen-bond donors (Lipinski definition) is 1. The fraction of sp³-hybridized carbons (Fsp3) is 0.467. The fourth-order valence-corrected chi connectivity index (χ4v) is 2.61. The summed E-state index contributed by atoms with van der Waals surface area (Å²) < 4.78 is 11.0. The third-order valence-electron chi connectivity index (χ3n) is 3.86. The Morgan fingerprint density at radius 3 is 3.18 bits per heavy atom. The summed E-state index contributed by atoms with van der Waals surface area (Å²) in [6, 6.07) is 5.70. The molecule has 1 N–H and O–H groups in total. The number of hydrogen-bond acceptors (Lipinski definition) is 6. The van der Waals surface area contributed by atoms with Crippen LogP contribution in [0.2, 0.25) is 5.02 Å². The lowest BCUT2D eigenvalue weighted by Crippen LogP contribution is -2.44. The van der Waals surface area contributed by atoms with Gasteiger partial charge in [0.1, 0.15) is 5.75 Å². The Balaban J connectivity index is 1.65. The number of nitrogens with zero attached hydrogens (tertiary/aromatic N) is 3. The first-order valence-corrected chi connectivity index (χ1v) is 7.64. The highest BCUT2D eigenvalue weighted by Crippen LogP contribution is 2.26. The quantitative estimate of drug-likeness (QED) is 0.931. The molecule has 2 aromatic rings. The van der Waals surface area contributed by atoms with Gasteiger partial charge in [0.15, 0.2) is 12.4 Å². The van der Waals surface area contributed by atoms with Crippen LogP contribution in [0.3, 0.4) is 0 Å². The molecule has 2 heterocycles. The smallest absolute Gasteiger partial charge is 0.264 e. The van der Waals surface area contributed by atoms with Crippen molar-refractivity contribution in [2.45, 2.75) is 19.6 Å². The maximum absolute atomic E-state index is 6.07. The summed E-state index contributed by atoms with van der Waals surface area (Å²) in [5.74, 6) is 1.88. The Morgan fingerprint density at radius 1 is 1.50 bits per heavy atom. The van der Waals surface area contributed by atoms with Gasteiger partial charge in [-0.25, -0.2) is 0 Å². The van der Waals surface area contributed by atoms with Crippen molar-refractivity contribution < 1.29 is 9.26 Å². The Hall–Kier alpha value is -1.63. The third-order valence-corrected chi connectivity index (χ3v) is 4.27. The van der Waals surface area contributed by atoms with E-state index in [0.29, 0.717) is 16.7 Å². The molecule has 1 aliphatic heterocycles. The first-order valence-electron chi connectivity index (χ1n) is 7.26. The minimum absolute atomic E-state index is 0.138. The zero-order valence-electron chi connectivity index (χ0n) is 12.7. The van der Waals surface area contributed by atoms with Crippen LogP contribution in [0.15, 0.2) is 22.7 Å². The zero-order valence-corrected chi connectivity index (χ0v) is 13.4. The summed E-state index contributed by atoms with van der Waals surface area (Å²) >= 11 is 6.07. The summed E-state index contributed by atoms with van der Waals surface area (Å²) in [6.45, 7) is 4.92. The van der Waals surface area contributed by atoms with Crippen LogP contribution in [-0.4, -0.2) is 41.7 Å². The van der Waals surface area contributed by atoms with Crippen molar-refractivity contribution in [3.63, 3.8) is 0 Å². The van der Waals surface area contributed by atoms with Gasteiger partial charge in [-0.05, 0) is 26.1 Å². The van der Waals surface area contributed by atoms with E-state index in [9.17, 15) is 0 Å². The topological polar surface area (TPSA) is 63.4 Å². The Kier molecular flexibility index (Phi) is 4.61. The maximum atomic E-state index is 6.07. The highest BCUT2D eigenvalue weighted by atomic mass is 35.5. The van der Waals surface area contributed by atoms with Gasteiger partial charge in [0.25, 0.3) is 5.89 Å². The van der Waals surface area contributed by atoms with Crippen molar-refractivity contribution in [2.24, 2.45) is 0 Å². The van der Waals surface area contributed by atoms with Crippen LogP contribution in [0, 0.1) is 6.92 Å². The van der Waals surface area contributed by atoms with E-state index in [0.717, 1.165) is 30.9 Å². The Labute approximate surface area is 134 Å². The van der Waals surface area contributed by atoms with E-state index in [1.807, 2.05) is 25.1 Å². The molecule has 1 unspecified atom stereocenters. The summed E-state index contributed by atoms with van der Waals surface area (Å²) in [4.78, 5) is 6.65. The minimum Gasteiger partial charge on any atom is -0.483 e. The molecule has 0 bridgehead atoms. The maximum Gasteiger partial charge on any atom is 0.264 e.